The van der Waals surface area contributed by atoms with Crippen LogP contribution in [-0.2, 0) is 4.84 Å². The van der Waals surface area contributed by atoms with E-state index in [0.29, 0.717) is 22.1 Å². The predicted molar refractivity (Wildman–Crippen MR) is 96.5 cm³/mol. The predicted octanol–water partition coefficient (Wildman–Crippen LogP) is 4.67. The van der Waals surface area contributed by atoms with Gasteiger partial charge in [-0.3, -0.25) is 15.2 Å². The van der Waals surface area contributed by atoms with Gasteiger partial charge in [-0.2, -0.15) is 0 Å². The van der Waals surface area contributed by atoms with Gasteiger partial charge in [-0.25, -0.2) is 0 Å². The third-order valence-corrected chi connectivity index (χ3v) is 5.74. The first-order valence-corrected chi connectivity index (χ1v) is 8.68. The molecule has 124 valence electrons. The number of halogens is 2. The number of nitrogens with zero attached hydrogens (tertiary/aromatic N) is 1. The number of allylic oxidation sites excluding steroid dienone is 1. The molecule has 0 saturated carbocycles. The minimum Gasteiger partial charge on any atom is -0.296 e. The molecule has 1 aromatic rings. The minimum atomic E-state index is 0.409. The van der Waals surface area contributed by atoms with Crippen LogP contribution in [0.2, 0.25) is 10.0 Å². The van der Waals surface area contributed by atoms with E-state index < -0.39 is 0 Å². The third kappa shape index (κ3) is 3.03. The van der Waals surface area contributed by atoms with E-state index in [1.165, 1.54) is 24.0 Å². The largest absolute Gasteiger partial charge is 0.296 e. The van der Waals surface area contributed by atoms with Crippen LogP contribution in [0.15, 0.2) is 35.5 Å². The van der Waals surface area contributed by atoms with Crippen LogP contribution in [0.3, 0.4) is 0 Å². The summed E-state index contributed by atoms with van der Waals surface area (Å²) >= 11 is 12.3. The number of hydrogen-bond donors (Lipinski definition) is 1. The summed E-state index contributed by atoms with van der Waals surface area (Å²) in [6.45, 7) is 2.03. The fourth-order valence-electron chi connectivity index (χ4n) is 3.83. The second-order valence-electron chi connectivity index (χ2n) is 6.15. The van der Waals surface area contributed by atoms with E-state index in [9.17, 15) is 0 Å². The van der Waals surface area contributed by atoms with Gasteiger partial charge in [0.2, 0.25) is 0 Å². The molecule has 2 aliphatic rings. The highest BCUT2D eigenvalue weighted by atomic mass is 35.5. The Morgan fingerprint density at radius 1 is 1.30 bits per heavy atom. The van der Waals surface area contributed by atoms with E-state index >= 15 is 0 Å². The first-order chi connectivity index (χ1) is 11.1. The zero-order valence-electron chi connectivity index (χ0n) is 13.7. The first-order valence-electron chi connectivity index (χ1n) is 7.92. The molecule has 0 aliphatic carbocycles. The molecule has 1 N–H and O–H groups in total. The first kappa shape index (κ1) is 16.8. The van der Waals surface area contributed by atoms with Gasteiger partial charge in [0.25, 0.3) is 0 Å². The van der Waals surface area contributed by atoms with E-state index in [0.717, 1.165) is 17.7 Å². The van der Waals surface area contributed by atoms with Crippen molar-refractivity contribution in [3.8, 4) is 0 Å². The molecule has 0 amide bonds. The normalized spacial score (nSPS) is 25.2. The molecule has 2 aliphatic heterocycles. The van der Waals surface area contributed by atoms with Gasteiger partial charge in [0, 0.05) is 12.1 Å². The van der Waals surface area contributed by atoms with Crippen molar-refractivity contribution in [2.75, 3.05) is 14.2 Å². The molecule has 3 rings (SSSR count). The van der Waals surface area contributed by atoms with Crippen LogP contribution >= 0.6 is 23.2 Å². The Morgan fingerprint density at radius 2 is 2.09 bits per heavy atom. The molecule has 2 heterocycles. The summed E-state index contributed by atoms with van der Waals surface area (Å²) < 4.78 is 0. The lowest BCUT2D eigenvalue weighted by atomic mass is 9.87. The molecule has 2 bridgehead atoms. The maximum Gasteiger partial charge on any atom is 0.0636 e. The molecule has 0 aromatic heterocycles. The van der Waals surface area contributed by atoms with Crippen molar-refractivity contribution >= 4 is 28.8 Å². The summed E-state index contributed by atoms with van der Waals surface area (Å²) in [4.78, 5) is 7.68. The van der Waals surface area contributed by atoms with Crippen molar-refractivity contribution in [2.45, 2.75) is 38.3 Å². The summed E-state index contributed by atoms with van der Waals surface area (Å²) in [5.74, 6) is 0. The molecule has 5 heteroatoms. The van der Waals surface area contributed by atoms with E-state index in [1.54, 1.807) is 7.11 Å². The van der Waals surface area contributed by atoms with Gasteiger partial charge in [-0.1, -0.05) is 35.3 Å². The van der Waals surface area contributed by atoms with Crippen molar-refractivity contribution in [1.82, 2.24) is 10.4 Å². The summed E-state index contributed by atoms with van der Waals surface area (Å²) in [5.41, 5.74) is 7.88. The van der Waals surface area contributed by atoms with Gasteiger partial charge in [0.15, 0.2) is 0 Å². The number of hydroxylamine groups is 1. The molecule has 2 atom stereocenters. The zero-order valence-corrected chi connectivity index (χ0v) is 15.2. The number of rotatable bonds is 4. The van der Waals surface area contributed by atoms with Crippen LogP contribution in [-0.4, -0.2) is 31.1 Å². The van der Waals surface area contributed by atoms with Crippen LogP contribution in [0.4, 0.5) is 0 Å². The van der Waals surface area contributed by atoms with Crippen molar-refractivity contribution < 1.29 is 4.84 Å². The number of likely N-dealkylation sites (N-methyl/N-ethyl adjacent to an activating group) is 1. The summed E-state index contributed by atoms with van der Waals surface area (Å²) in [6.07, 6.45) is 5.48. The molecule has 23 heavy (non-hydrogen) atoms. The number of benzene rings is 1. The van der Waals surface area contributed by atoms with Crippen LogP contribution in [0, 0.1) is 0 Å². The van der Waals surface area contributed by atoms with Crippen LogP contribution in [0.1, 0.15) is 31.7 Å². The molecular formula is C18H22Cl2N2O. The summed E-state index contributed by atoms with van der Waals surface area (Å²) in [5, 5.41) is 1.19. The lowest BCUT2D eigenvalue weighted by Gasteiger charge is -2.36. The molecular weight excluding hydrogens is 331 g/mol. The summed E-state index contributed by atoms with van der Waals surface area (Å²) in [7, 11) is 3.86. The van der Waals surface area contributed by atoms with Crippen molar-refractivity contribution in [3.05, 3.63) is 51.2 Å². The van der Waals surface area contributed by atoms with Gasteiger partial charge in [-0.05, 0) is 62.1 Å². The second-order valence-corrected chi connectivity index (χ2v) is 6.96. The molecule has 1 unspecified atom stereocenters. The Morgan fingerprint density at radius 3 is 2.74 bits per heavy atom. The monoisotopic (exact) mass is 352 g/mol. The molecule has 3 nitrogen and oxygen atoms in total. The number of nitrogens with one attached hydrogen (secondary N) is 1. The number of hydrogen-bond acceptors (Lipinski definition) is 3. The quantitative estimate of drug-likeness (QED) is 0.797. The van der Waals surface area contributed by atoms with E-state index in [-0.39, 0.29) is 0 Å². The van der Waals surface area contributed by atoms with Crippen molar-refractivity contribution in [1.29, 1.82) is 0 Å². The summed E-state index contributed by atoms with van der Waals surface area (Å²) in [6, 6.07) is 6.92. The van der Waals surface area contributed by atoms with Gasteiger partial charge in [-0.15, -0.1) is 0 Å². The van der Waals surface area contributed by atoms with Crippen LogP contribution in [0.5, 0.6) is 0 Å². The maximum atomic E-state index is 6.25. The van der Waals surface area contributed by atoms with Gasteiger partial charge in [0.05, 0.1) is 22.9 Å². The Bertz CT molecular complexity index is 669. The fourth-order valence-corrected chi connectivity index (χ4v) is 4.13. The lowest BCUT2D eigenvalue weighted by molar-refractivity contribution is 0.117. The van der Waals surface area contributed by atoms with E-state index in [2.05, 4.69) is 29.6 Å². The van der Waals surface area contributed by atoms with Crippen LogP contribution in [0.25, 0.3) is 5.57 Å². The average molecular weight is 353 g/mol. The second kappa shape index (κ2) is 6.86. The Hall–Kier alpha value is -1.000. The Labute approximate surface area is 147 Å². The molecule has 1 aromatic carbocycles. The third-order valence-electron chi connectivity index (χ3n) is 5.00. The Kier molecular flexibility index (Phi) is 5.02. The highest BCUT2D eigenvalue weighted by molar-refractivity contribution is 6.42. The molecule has 1 fully saturated rings. The van der Waals surface area contributed by atoms with Gasteiger partial charge >= 0.3 is 0 Å². The van der Waals surface area contributed by atoms with E-state index in [1.807, 2.05) is 19.1 Å². The lowest BCUT2D eigenvalue weighted by Crippen LogP contribution is -2.39. The smallest absolute Gasteiger partial charge is 0.0636 e. The van der Waals surface area contributed by atoms with E-state index in [4.69, 9.17) is 28.0 Å². The average Bonchev–Trinajstić information content (AvgIpc) is 2.78. The van der Waals surface area contributed by atoms with Crippen molar-refractivity contribution in [3.63, 3.8) is 0 Å². The highest BCUT2D eigenvalue weighted by Crippen LogP contribution is 2.44. The van der Waals surface area contributed by atoms with Gasteiger partial charge < -0.3 is 0 Å². The fraction of sp³-hybridized carbons (Fsp3) is 0.444. The SMILES string of the molecule is CC=C(NOC)C1=C(c2ccc(Cl)c(Cl)c2)CC2CC[C@@H]1N2C. The molecule has 0 spiro atoms. The topological polar surface area (TPSA) is 24.5 Å². The minimum absolute atomic E-state index is 0.409. The van der Waals surface area contributed by atoms with Gasteiger partial charge in [0.1, 0.15) is 0 Å². The van der Waals surface area contributed by atoms with Crippen molar-refractivity contribution in [2.24, 2.45) is 0 Å². The highest BCUT2D eigenvalue weighted by Gasteiger charge is 2.40. The number of fused-ring (bicyclic) bond motifs is 2. The molecule has 0 radical (unpaired) electrons. The molecule has 1 saturated heterocycles. The Balaban J connectivity index is 2.14. The van der Waals surface area contributed by atoms with Crippen LogP contribution < -0.4 is 5.48 Å². The zero-order chi connectivity index (χ0) is 16.6. The standard InChI is InChI=1S/C18H22Cl2N2O/c1-4-16(21-23-3)18-13(10-12-6-8-17(18)22(12)2)11-5-7-14(19)15(20)9-11/h4-5,7,9,12,17,21H,6,8,10H2,1-3H3/t12?,17-/m0/s1. The maximum absolute atomic E-state index is 6.25.